The van der Waals surface area contributed by atoms with E-state index in [1.165, 1.54) is 6.07 Å². The standard InChI is InChI=1S/C15H20BrFO3/c1-2-20-15(5-7-19-8-6-15)14(18)10-11-3-4-13(17)12(16)9-11/h3-4,9,14,18H,2,5-8,10H2,1H3. The number of aliphatic hydroxyl groups is 1. The normalized spacial score (nSPS) is 19.8. The molecule has 1 aliphatic heterocycles. The van der Waals surface area contributed by atoms with E-state index in [4.69, 9.17) is 9.47 Å². The van der Waals surface area contributed by atoms with Crippen molar-refractivity contribution in [1.82, 2.24) is 0 Å². The summed E-state index contributed by atoms with van der Waals surface area (Å²) >= 11 is 3.17. The molecule has 5 heteroatoms. The van der Waals surface area contributed by atoms with Gasteiger partial charge in [0.05, 0.1) is 16.2 Å². The Morgan fingerprint density at radius 3 is 2.75 bits per heavy atom. The maximum atomic E-state index is 13.2. The van der Waals surface area contributed by atoms with Crippen LogP contribution >= 0.6 is 15.9 Å². The second kappa shape index (κ2) is 6.98. The molecule has 1 fully saturated rings. The van der Waals surface area contributed by atoms with Gasteiger partial charge in [-0.25, -0.2) is 4.39 Å². The Balaban J connectivity index is 2.11. The van der Waals surface area contributed by atoms with E-state index in [2.05, 4.69) is 15.9 Å². The van der Waals surface area contributed by atoms with Crippen molar-refractivity contribution in [3.63, 3.8) is 0 Å². The van der Waals surface area contributed by atoms with Crippen LogP contribution in [0.4, 0.5) is 4.39 Å². The van der Waals surface area contributed by atoms with Gasteiger partial charge in [0.15, 0.2) is 0 Å². The number of ether oxygens (including phenoxy) is 2. The van der Waals surface area contributed by atoms with Crippen molar-refractivity contribution < 1.29 is 19.0 Å². The van der Waals surface area contributed by atoms with Crippen LogP contribution in [-0.4, -0.2) is 36.6 Å². The van der Waals surface area contributed by atoms with Gasteiger partial charge in [0, 0.05) is 39.1 Å². The van der Waals surface area contributed by atoms with E-state index >= 15 is 0 Å². The Hall–Kier alpha value is -0.490. The van der Waals surface area contributed by atoms with E-state index in [0.717, 1.165) is 5.56 Å². The first-order chi connectivity index (χ1) is 9.57. The van der Waals surface area contributed by atoms with Gasteiger partial charge in [-0.3, -0.25) is 0 Å². The Kier molecular flexibility index (Phi) is 5.55. The molecule has 1 aliphatic rings. The van der Waals surface area contributed by atoms with E-state index in [1.807, 2.05) is 6.92 Å². The van der Waals surface area contributed by atoms with Crippen LogP contribution in [0, 0.1) is 5.82 Å². The molecule has 0 aliphatic carbocycles. The predicted octanol–water partition coefficient (Wildman–Crippen LogP) is 3.08. The summed E-state index contributed by atoms with van der Waals surface area (Å²) in [5.41, 5.74) is 0.338. The fraction of sp³-hybridized carbons (Fsp3) is 0.600. The minimum Gasteiger partial charge on any atom is -0.390 e. The molecule has 1 atom stereocenters. The first-order valence-electron chi connectivity index (χ1n) is 6.91. The smallest absolute Gasteiger partial charge is 0.137 e. The summed E-state index contributed by atoms with van der Waals surface area (Å²) in [4.78, 5) is 0. The van der Waals surface area contributed by atoms with Crippen molar-refractivity contribution in [3.05, 3.63) is 34.1 Å². The van der Waals surface area contributed by atoms with Gasteiger partial charge in [0.2, 0.25) is 0 Å². The Labute approximate surface area is 127 Å². The fourth-order valence-corrected chi connectivity index (χ4v) is 3.08. The number of benzene rings is 1. The van der Waals surface area contributed by atoms with Gasteiger partial charge in [0.1, 0.15) is 5.82 Å². The molecular formula is C15H20BrFO3. The van der Waals surface area contributed by atoms with Crippen LogP contribution in [0.1, 0.15) is 25.3 Å². The average molecular weight is 347 g/mol. The van der Waals surface area contributed by atoms with Crippen molar-refractivity contribution in [2.45, 2.75) is 37.9 Å². The molecule has 0 bridgehead atoms. The summed E-state index contributed by atoms with van der Waals surface area (Å²) in [7, 11) is 0. The van der Waals surface area contributed by atoms with E-state index in [1.54, 1.807) is 12.1 Å². The van der Waals surface area contributed by atoms with Crippen LogP contribution < -0.4 is 0 Å². The molecule has 112 valence electrons. The van der Waals surface area contributed by atoms with Crippen molar-refractivity contribution >= 4 is 15.9 Å². The van der Waals surface area contributed by atoms with Crippen LogP contribution in [0.5, 0.6) is 0 Å². The molecule has 0 amide bonds. The third-order valence-corrected chi connectivity index (χ3v) is 4.40. The lowest BCUT2D eigenvalue weighted by Crippen LogP contribution is -2.50. The molecule has 0 aromatic heterocycles. The maximum absolute atomic E-state index is 13.2. The van der Waals surface area contributed by atoms with Gasteiger partial charge in [-0.15, -0.1) is 0 Å². The molecule has 1 aromatic carbocycles. The summed E-state index contributed by atoms with van der Waals surface area (Å²) in [5, 5.41) is 10.6. The second-order valence-electron chi connectivity index (χ2n) is 5.08. The monoisotopic (exact) mass is 346 g/mol. The van der Waals surface area contributed by atoms with E-state index in [9.17, 15) is 9.50 Å². The molecule has 0 radical (unpaired) electrons. The lowest BCUT2D eigenvalue weighted by Gasteiger charge is -2.40. The molecule has 2 rings (SSSR count). The number of rotatable bonds is 5. The molecule has 0 spiro atoms. The Bertz CT molecular complexity index is 441. The lowest BCUT2D eigenvalue weighted by molar-refractivity contribution is -0.165. The fourth-order valence-electron chi connectivity index (χ4n) is 2.65. The molecule has 20 heavy (non-hydrogen) atoms. The highest BCUT2D eigenvalue weighted by atomic mass is 79.9. The maximum Gasteiger partial charge on any atom is 0.137 e. The first kappa shape index (κ1) is 15.9. The van der Waals surface area contributed by atoms with Gasteiger partial charge in [-0.05, 0) is 40.5 Å². The summed E-state index contributed by atoms with van der Waals surface area (Å²) < 4.78 is 24.9. The van der Waals surface area contributed by atoms with Crippen molar-refractivity contribution in [1.29, 1.82) is 0 Å². The molecule has 1 N–H and O–H groups in total. The zero-order valence-electron chi connectivity index (χ0n) is 11.6. The Morgan fingerprint density at radius 2 is 2.15 bits per heavy atom. The van der Waals surface area contributed by atoms with E-state index in [-0.39, 0.29) is 5.82 Å². The molecule has 0 saturated carbocycles. The van der Waals surface area contributed by atoms with Gasteiger partial charge >= 0.3 is 0 Å². The van der Waals surface area contributed by atoms with Gasteiger partial charge in [0.25, 0.3) is 0 Å². The predicted molar refractivity (Wildman–Crippen MR) is 78.2 cm³/mol. The van der Waals surface area contributed by atoms with E-state index < -0.39 is 11.7 Å². The molecule has 1 aromatic rings. The molecular weight excluding hydrogens is 327 g/mol. The third-order valence-electron chi connectivity index (χ3n) is 3.79. The van der Waals surface area contributed by atoms with Crippen molar-refractivity contribution in [3.8, 4) is 0 Å². The minimum absolute atomic E-state index is 0.297. The SMILES string of the molecule is CCOC1(C(O)Cc2ccc(F)c(Br)c2)CCOCC1. The third kappa shape index (κ3) is 3.58. The van der Waals surface area contributed by atoms with Crippen LogP contribution in [0.25, 0.3) is 0 Å². The highest BCUT2D eigenvalue weighted by Crippen LogP contribution is 2.31. The highest BCUT2D eigenvalue weighted by molar-refractivity contribution is 9.10. The number of hydrogen-bond acceptors (Lipinski definition) is 3. The minimum atomic E-state index is -0.622. The lowest BCUT2D eigenvalue weighted by atomic mass is 9.84. The average Bonchev–Trinajstić information content (AvgIpc) is 2.44. The van der Waals surface area contributed by atoms with Crippen LogP contribution in [0.15, 0.2) is 22.7 Å². The van der Waals surface area contributed by atoms with E-state index in [0.29, 0.717) is 43.6 Å². The largest absolute Gasteiger partial charge is 0.390 e. The number of aliphatic hydroxyl groups excluding tert-OH is 1. The quantitative estimate of drug-likeness (QED) is 0.890. The van der Waals surface area contributed by atoms with Gasteiger partial charge in [-0.2, -0.15) is 0 Å². The summed E-state index contributed by atoms with van der Waals surface area (Å²) in [6.07, 6.45) is 1.19. The molecule has 3 nitrogen and oxygen atoms in total. The summed E-state index contributed by atoms with van der Waals surface area (Å²) in [6, 6.07) is 4.81. The van der Waals surface area contributed by atoms with Crippen LogP contribution in [0.3, 0.4) is 0 Å². The summed E-state index contributed by atoms with van der Waals surface area (Å²) in [5.74, 6) is -0.297. The Morgan fingerprint density at radius 1 is 1.45 bits per heavy atom. The highest BCUT2D eigenvalue weighted by Gasteiger charge is 2.40. The van der Waals surface area contributed by atoms with Gasteiger partial charge < -0.3 is 14.6 Å². The number of halogens is 2. The van der Waals surface area contributed by atoms with Crippen LogP contribution in [-0.2, 0) is 15.9 Å². The first-order valence-corrected chi connectivity index (χ1v) is 7.70. The van der Waals surface area contributed by atoms with Crippen LogP contribution in [0.2, 0.25) is 0 Å². The second-order valence-corrected chi connectivity index (χ2v) is 5.93. The van der Waals surface area contributed by atoms with Crippen molar-refractivity contribution in [2.24, 2.45) is 0 Å². The van der Waals surface area contributed by atoms with Crippen molar-refractivity contribution in [2.75, 3.05) is 19.8 Å². The molecule has 1 heterocycles. The summed E-state index contributed by atoms with van der Waals surface area (Å²) in [6.45, 7) is 3.69. The zero-order valence-corrected chi connectivity index (χ0v) is 13.2. The molecule has 1 saturated heterocycles. The van der Waals surface area contributed by atoms with Gasteiger partial charge in [-0.1, -0.05) is 6.07 Å². The number of hydrogen-bond donors (Lipinski definition) is 1. The molecule has 1 unspecified atom stereocenters. The zero-order chi connectivity index (χ0) is 14.6. The topological polar surface area (TPSA) is 38.7 Å².